The lowest BCUT2D eigenvalue weighted by molar-refractivity contribution is -0.116. The largest absolute Gasteiger partial charge is 0.392 e. The van der Waals surface area contributed by atoms with Crippen molar-refractivity contribution >= 4 is 22.4 Å². The molecule has 1 heterocycles. The number of likely N-dealkylation sites (N-methyl/N-ethyl adjacent to an activating group) is 1. The molecule has 0 aliphatic heterocycles. The van der Waals surface area contributed by atoms with Crippen molar-refractivity contribution in [2.45, 2.75) is 51.3 Å². The summed E-state index contributed by atoms with van der Waals surface area (Å²) in [6, 6.07) is 0.357. The molecule has 0 bridgehead atoms. The summed E-state index contributed by atoms with van der Waals surface area (Å²) in [7, 11) is 2.01. The highest BCUT2D eigenvalue weighted by molar-refractivity contribution is 7.14. The van der Waals surface area contributed by atoms with E-state index in [1.54, 1.807) is 6.92 Å². The molecule has 0 spiro atoms. The van der Waals surface area contributed by atoms with Crippen LogP contribution in [0.3, 0.4) is 0 Å². The van der Waals surface area contributed by atoms with Crippen LogP contribution in [0, 0.1) is 5.92 Å². The van der Waals surface area contributed by atoms with Crippen LogP contribution in [0.1, 0.15) is 38.3 Å². The number of carbonyl (C=O) groups is 1. The van der Waals surface area contributed by atoms with Crippen molar-refractivity contribution in [3.8, 4) is 0 Å². The van der Waals surface area contributed by atoms with E-state index in [1.807, 2.05) is 17.3 Å². The highest BCUT2D eigenvalue weighted by atomic mass is 32.1. The fraction of sp³-hybridized carbons (Fsp3) is 0.733. The number of nitrogens with zero attached hydrogens (tertiary/aromatic N) is 3. The normalized spacial score (nSPS) is 19.8. The van der Waals surface area contributed by atoms with E-state index >= 15 is 0 Å². The minimum Gasteiger partial charge on any atom is -0.392 e. The summed E-state index contributed by atoms with van der Waals surface area (Å²) in [4.78, 5) is 20.3. The predicted octanol–water partition coefficient (Wildman–Crippen LogP) is 1.86. The van der Waals surface area contributed by atoms with Crippen LogP contribution in [0.15, 0.2) is 5.38 Å². The number of thiazole rings is 1. The van der Waals surface area contributed by atoms with Gasteiger partial charge in [0.25, 0.3) is 0 Å². The molecule has 1 aromatic rings. The lowest BCUT2D eigenvalue weighted by Gasteiger charge is -2.19. The monoisotopic (exact) mass is 309 g/mol. The van der Waals surface area contributed by atoms with Gasteiger partial charge in [-0.15, -0.1) is 11.3 Å². The van der Waals surface area contributed by atoms with Crippen molar-refractivity contribution in [3.63, 3.8) is 0 Å². The van der Waals surface area contributed by atoms with Crippen molar-refractivity contribution in [1.82, 2.24) is 9.88 Å². The molecule has 2 aliphatic carbocycles. The second kappa shape index (κ2) is 6.02. The zero-order chi connectivity index (χ0) is 15.0. The first-order valence-electron chi connectivity index (χ1n) is 7.65. The van der Waals surface area contributed by atoms with Gasteiger partial charge in [-0.05, 0) is 38.6 Å². The SMILES string of the molecule is CC(=O)N(c1nc(CN(C)CC(O)C2CC2)cs1)C1CC1. The predicted molar refractivity (Wildman–Crippen MR) is 83.4 cm³/mol. The number of amides is 1. The number of carbonyl (C=O) groups excluding carboxylic acids is 1. The highest BCUT2D eigenvalue weighted by Crippen LogP contribution is 2.34. The molecule has 2 saturated carbocycles. The van der Waals surface area contributed by atoms with Crippen molar-refractivity contribution in [2.24, 2.45) is 5.92 Å². The van der Waals surface area contributed by atoms with Gasteiger partial charge in [0.15, 0.2) is 5.13 Å². The van der Waals surface area contributed by atoms with Crippen LogP contribution in [0.5, 0.6) is 0 Å². The molecule has 116 valence electrons. The molecule has 1 aromatic heterocycles. The standard InChI is InChI=1S/C15H23N3O2S/c1-10(19)18(13-5-6-13)15-16-12(9-21-15)7-17(2)8-14(20)11-3-4-11/h9,11,13-14,20H,3-8H2,1-2H3. The van der Waals surface area contributed by atoms with Gasteiger partial charge in [-0.3, -0.25) is 14.6 Å². The maximum atomic E-state index is 11.7. The molecular weight excluding hydrogens is 286 g/mol. The molecule has 1 amide bonds. The summed E-state index contributed by atoms with van der Waals surface area (Å²) < 4.78 is 0. The van der Waals surface area contributed by atoms with E-state index in [2.05, 4.69) is 9.88 Å². The Morgan fingerprint density at radius 2 is 2.19 bits per heavy atom. The molecule has 1 N–H and O–H groups in total. The summed E-state index contributed by atoms with van der Waals surface area (Å²) in [5.41, 5.74) is 0.979. The smallest absolute Gasteiger partial charge is 0.225 e. The maximum Gasteiger partial charge on any atom is 0.225 e. The number of aliphatic hydroxyl groups excluding tert-OH is 1. The topological polar surface area (TPSA) is 56.7 Å². The fourth-order valence-electron chi connectivity index (χ4n) is 2.65. The Bertz CT molecular complexity index is 511. The number of aromatic nitrogens is 1. The van der Waals surface area contributed by atoms with Gasteiger partial charge in [-0.1, -0.05) is 0 Å². The van der Waals surface area contributed by atoms with Gasteiger partial charge in [0.1, 0.15) is 0 Å². The number of aliphatic hydroxyl groups is 1. The molecule has 0 radical (unpaired) electrons. The Morgan fingerprint density at radius 1 is 1.48 bits per heavy atom. The average molecular weight is 309 g/mol. The third-order valence-corrected chi connectivity index (χ3v) is 4.98. The van der Waals surface area contributed by atoms with Gasteiger partial charge in [0.2, 0.25) is 5.91 Å². The molecule has 2 fully saturated rings. The molecule has 3 rings (SSSR count). The highest BCUT2D eigenvalue weighted by Gasteiger charge is 2.34. The summed E-state index contributed by atoms with van der Waals surface area (Å²) in [6.07, 6.45) is 4.27. The van der Waals surface area contributed by atoms with Crippen molar-refractivity contribution < 1.29 is 9.90 Å². The van der Waals surface area contributed by atoms with Gasteiger partial charge in [-0.2, -0.15) is 0 Å². The minimum absolute atomic E-state index is 0.0795. The van der Waals surface area contributed by atoms with E-state index in [1.165, 1.54) is 11.3 Å². The zero-order valence-corrected chi connectivity index (χ0v) is 13.5. The van der Waals surface area contributed by atoms with E-state index < -0.39 is 0 Å². The average Bonchev–Trinajstić information content (AvgIpc) is 3.29. The van der Waals surface area contributed by atoms with Gasteiger partial charge in [0, 0.05) is 31.4 Å². The lowest BCUT2D eigenvalue weighted by Crippen LogP contribution is -2.31. The summed E-state index contributed by atoms with van der Waals surface area (Å²) >= 11 is 1.54. The summed E-state index contributed by atoms with van der Waals surface area (Å²) in [5.74, 6) is 0.581. The first-order valence-corrected chi connectivity index (χ1v) is 8.53. The third-order valence-electron chi connectivity index (χ3n) is 4.09. The van der Waals surface area contributed by atoms with Crippen LogP contribution in [-0.4, -0.2) is 46.6 Å². The molecule has 21 heavy (non-hydrogen) atoms. The van der Waals surface area contributed by atoms with Crippen molar-refractivity contribution in [3.05, 3.63) is 11.1 Å². The summed E-state index contributed by atoms with van der Waals surface area (Å²) in [6.45, 7) is 3.02. The number of hydrogen-bond acceptors (Lipinski definition) is 5. The second-order valence-electron chi connectivity index (χ2n) is 6.34. The number of anilines is 1. The molecule has 0 saturated heterocycles. The Morgan fingerprint density at radius 3 is 2.76 bits per heavy atom. The fourth-order valence-corrected chi connectivity index (χ4v) is 3.58. The maximum absolute atomic E-state index is 11.7. The van der Waals surface area contributed by atoms with E-state index in [-0.39, 0.29) is 12.0 Å². The summed E-state index contributed by atoms with van der Waals surface area (Å²) in [5, 5.41) is 12.8. The van der Waals surface area contributed by atoms with Crippen LogP contribution in [0.2, 0.25) is 0 Å². The molecule has 1 atom stereocenters. The molecule has 0 aromatic carbocycles. The Hall–Kier alpha value is -0.980. The van der Waals surface area contributed by atoms with Crippen LogP contribution < -0.4 is 4.90 Å². The molecular formula is C15H23N3O2S. The van der Waals surface area contributed by atoms with Crippen LogP contribution in [0.25, 0.3) is 0 Å². The number of hydrogen-bond donors (Lipinski definition) is 1. The first-order chi connectivity index (χ1) is 10.0. The van der Waals surface area contributed by atoms with Crippen LogP contribution >= 0.6 is 11.3 Å². The third kappa shape index (κ3) is 3.81. The van der Waals surface area contributed by atoms with Crippen molar-refractivity contribution in [2.75, 3.05) is 18.5 Å². The van der Waals surface area contributed by atoms with E-state index in [9.17, 15) is 9.90 Å². The number of rotatable bonds is 7. The van der Waals surface area contributed by atoms with E-state index in [4.69, 9.17) is 0 Å². The van der Waals surface area contributed by atoms with E-state index in [0.717, 1.165) is 43.1 Å². The first kappa shape index (κ1) is 14.9. The van der Waals surface area contributed by atoms with Gasteiger partial charge < -0.3 is 5.11 Å². The lowest BCUT2D eigenvalue weighted by atomic mass is 10.2. The minimum atomic E-state index is -0.215. The Balaban J connectivity index is 1.57. The van der Waals surface area contributed by atoms with Gasteiger partial charge in [0.05, 0.1) is 11.8 Å². The van der Waals surface area contributed by atoms with Crippen molar-refractivity contribution in [1.29, 1.82) is 0 Å². The Kier molecular flexibility index (Phi) is 4.28. The van der Waals surface area contributed by atoms with Crippen LogP contribution in [0.4, 0.5) is 5.13 Å². The second-order valence-corrected chi connectivity index (χ2v) is 7.18. The molecule has 5 nitrogen and oxygen atoms in total. The molecule has 6 heteroatoms. The van der Waals surface area contributed by atoms with E-state index in [0.29, 0.717) is 18.5 Å². The van der Waals surface area contributed by atoms with Gasteiger partial charge in [-0.25, -0.2) is 4.98 Å². The molecule has 1 unspecified atom stereocenters. The quantitative estimate of drug-likeness (QED) is 0.835. The Labute approximate surface area is 129 Å². The van der Waals surface area contributed by atoms with Gasteiger partial charge >= 0.3 is 0 Å². The van der Waals surface area contributed by atoms with Crippen LogP contribution in [-0.2, 0) is 11.3 Å². The zero-order valence-electron chi connectivity index (χ0n) is 12.7. The molecule has 2 aliphatic rings.